The fourth-order valence-corrected chi connectivity index (χ4v) is 12.8. The number of nitrogens with zero attached hydrogens (tertiary/aromatic N) is 2. The molecule has 2 aliphatic heterocycles. The van der Waals surface area contributed by atoms with Gasteiger partial charge >= 0.3 is 0 Å². The summed E-state index contributed by atoms with van der Waals surface area (Å²) in [7, 11) is 0. The second kappa shape index (κ2) is 15.7. The molecule has 0 spiro atoms. The molecule has 2 nitrogen and oxygen atoms in total. The molecule has 71 heavy (non-hydrogen) atoms. The lowest BCUT2D eigenvalue weighted by Gasteiger charge is -2.48. The van der Waals surface area contributed by atoms with E-state index >= 15 is 0 Å². The molecule has 0 saturated carbocycles. The molecule has 0 amide bonds. The second-order valence-corrected chi connectivity index (χ2v) is 29.3. The lowest BCUT2D eigenvalue weighted by molar-refractivity contribution is 0.332. The average molecular weight is 941 g/mol. The molecule has 6 aromatic rings. The van der Waals surface area contributed by atoms with Crippen molar-refractivity contribution in [2.24, 2.45) is 0 Å². The van der Waals surface area contributed by atoms with Crippen molar-refractivity contribution in [3.8, 4) is 11.1 Å². The highest BCUT2D eigenvalue weighted by molar-refractivity contribution is 7.00. The van der Waals surface area contributed by atoms with Gasteiger partial charge in [-0.05, 0) is 184 Å². The van der Waals surface area contributed by atoms with Crippen LogP contribution in [-0.2, 0) is 43.3 Å². The molecule has 0 unspecified atom stereocenters. The maximum atomic E-state index is 2.74. The van der Waals surface area contributed by atoms with E-state index in [4.69, 9.17) is 0 Å². The number of hydrogen-bond donors (Lipinski definition) is 0. The molecule has 0 atom stereocenters. The highest BCUT2D eigenvalue weighted by Gasteiger charge is 2.48. The Kier molecular flexibility index (Phi) is 11.0. The van der Waals surface area contributed by atoms with E-state index in [1.54, 1.807) is 0 Å². The molecular weight excluding hydrogens is 856 g/mol. The Hall–Kier alpha value is -5.02. The van der Waals surface area contributed by atoms with E-state index < -0.39 is 0 Å². The third-order valence-corrected chi connectivity index (χ3v) is 18.0. The Morgan fingerprint density at radius 2 is 0.789 bits per heavy atom. The quantitative estimate of drug-likeness (QED) is 0.163. The number of rotatable bonds is 3. The molecule has 0 N–H and O–H groups in total. The third-order valence-electron chi connectivity index (χ3n) is 18.0. The topological polar surface area (TPSA) is 6.48 Å². The summed E-state index contributed by atoms with van der Waals surface area (Å²) in [6.07, 6.45) is 4.73. The number of fused-ring (bicyclic) bond motifs is 6. The van der Waals surface area contributed by atoms with Crippen LogP contribution in [-0.4, -0.2) is 6.71 Å². The van der Waals surface area contributed by atoms with Crippen LogP contribution in [0.3, 0.4) is 0 Å². The molecule has 3 heteroatoms. The van der Waals surface area contributed by atoms with Gasteiger partial charge in [-0.3, -0.25) is 0 Å². The van der Waals surface area contributed by atoms with Crippen LogP contribution in [0.4, 0.5) is 34.1 Å². The van der Waals surface area contributed by atoms with Gasteiger partial charge in [0.05, 0.1) is 5.69 Å². The van der Waals surface area contributed by atoms with Gasteiger partial charge in [0.25, 0.3) is 6.71 Å². The van der Waals surface area contributed by atoms with Crippen LogP contribution in [0.5, 0.6) is 0 Å². The molecule has 0 saturated heterocycles. The monoisotopic (exact) mass is 941 g/mol. The summed E-state index contributed by atoms with van der Waals surface area (Å²) in [5.41, 5.74) is 26.0. The van der Waals surface area contributed by atoms with Gasteiger partial charge in [0.1, 0.15) is 0 Å². The summed E-state index contributed by atoms with van der Waals surface area (Å²) in [4.78, 5) is 5.43. The van der Waals surface area contributed by atoms with Crippen molar-refractivity contribution < 1.29 is 0 Å². The maximum Gasteiger partial charge on any atom is 0.252 e. The van der Waals surface area contributed by atoms with Crippen LogP contribution in [0, 0.1) is 0 Å². The fraction of sp³-hybridized carbons (Fsp3) is 0.471. The number of anilines is 6. The Morgan fingerprint density at radius 1 is 0.352 bits per heavy atom. The molecule has 370 valence electrons. The van der Waals surface area contributed by atoms with Gasteiger partial charge in [0.2, 0.25) is 0 Å². The Morgan fingerprint density at radius 3 is 1.32 bits per heavy atom. The molecule has 2 heterocycles. The standard InChI is InChI=1S/C68H85BN2/c1-61(2,3)43-23-21-42(22-24-43)48-35-44(62(4,5)6)25-29-55(48)71-56-30-26-45(63(7,8)9)36-53(56)69-54-40-51-52(68(19,20)34-33-67(51,17)18)41-57(54)70(58-37-46(64(10,11)12)38-59(71)60(58)69)47-27-28-49-50(39-47)66(15,16)32-31-65(49,13)14/h21-30,35-41H,31-34H2,1-20H3. The van der Waals surface area contributed by atoms with Crippen LogP contribution >= 0.6 is 0 Å². The van der Waals surface area contributed by atoms with E-state index in [1.807, 2.05) is 0 Å². The van der Waals surface area contributed by atoms with Crippen molar-refractivity contribution in [1.29, 1.82) is 0 Å². The predicted octanol–water partition coefficient (Wildman–Crippen LogP) is 17.3. The van der Waals surface area contributed by atoms with Gasteiger partial charge in [-0.15, -0.1) is 0 Å². The van der Waals surface area contributed by atoms with Gasteiger partial charge in [-0.2, -0.15) is 0 Å². The third kappa shape index (κ3) is 8.14. The minimum absolute atomic E-state index is 0.0244. The molecule has 0 radical (unpaired) electrons. The smallest absolute Gasteiger partial charge is 0.252 e. The zero-order valence-corrected chi connectivity index (χ0v) is 47.6. The molecule has 4 aliphatic rings. The molecule has 0 fully saturated rings. The molecule has 0 aromatic heterocycles. The zero-order valence-electron chi connectivity index (χ0n) is 47.6. The Balaban J connectivity index is 1.36. The Labute approximate surface area is 431 Å². The van der Waals surface area contributed by atoms with E-state index in [9.17, 15) is 0 Å². The van der Waals surface area contributed by atoms with E-state index in [0.29, 0.717) is 0 Å². The van der Waals surface area contributed by atoms with Gasteiger partial charge in [0.15, 0.2) is 0 Å². The van der Waals surface area contributed by atoms with Gasteiger partial charge in [-0.1, -0.05) is 193 Å². The van der Waals surface area contributed by atoms with Crippen molar-refractivity contribution in [2.45, 2.75) is 207 Å². The summed E-state index contributed by atoms with van der Waals surface area (Å²) < 4.78 is 0. The van der Waals surface area contributed by atoms with Crippen LogP contribution in [0.15, 0.2) is 103 Å². The van der Waals surface area contributed by atoms with E-state index in [-0.39, 0.29) is 50.0 Å². The minimum Gasteiger partial charge on any atom is -0.311 e. The minimum atomic E-state index is -0.125. The van der Waals surface area contributed by atoms with Crippen molar-refractivity contribution in [2.75, 3.05) is 9.80 Å². The van der Waals surface area contributed by atoms with E-state index in [1.165, 1.54) is 132 Å². The first-order valence-electron chi connectivity index (χ1n) is 27.2. The molecule has 10 rings (SSSR count). The fourth-order valence-electron chi connectivity index (χ4n) is 12.8. The first-order chi connectivity index (χ1) is 32.7. The van der Waals surface area contributed by atoms with Gasteiger partial charge in [-0.25, -0.2) is 0 Å². The number of benzene rings is 6. The summed E-state index contributed by atoms with van der Waals surface area (Å²) in [5, 5.41) is 0. The van der Waals surface area contributed by atoms with Crippen LogP contribution < -0.4 is 26.2 Å². The molecule has 2 aliphatic carbocycles. The first kappa shape index (κ1) is 49.6. The molecule has 0 bridgehead atoms. The van der Waals surface area contributed by atoms with Crippen molar-refractivity contribution in [1.82, 2.24) is 0 Å². The largest absolute Gasteiger partial charge is 0.311 e. The normalized spacial score (nSPS) is 18.6. The lowest BCUT2D eigenvalue weighted by atomic mass is 9.32. The Bertz CT molecular complexity index is 3130. The molecule has 6 aromatic carbocycles. The summed E-state index contributed by atoms with van der Waals surface area (Å²) in [5.74, 6) is 0. The van der Waals surface area contributed by atoms with E-state index in [0.717, 1.165) is 0 Å². The molecular formula is C68H85BN2. The van der Waals surface area contributed by atoms with Crippen LogP contribution in [0.2, 0.25) is 0 Å². The van der Waals surface area contributed by atoms with E-state index in [2.05, 4.69) is 251 Å². The van der Waals surface area contributed by atoms with Gasteiger partial charge < -0.3 is 9.80 Å². The summed E-state index contributed by atoms with van der Waals surface area (Å²) >= 11 is 0. The second-order valence-electron chi connectivity index (χ2n) is 29.3. The SMILES string of the molecule is CC(C)(C)c1ccc(-c2cc(C(C)(C)C)ccc2N2c3ccc(C(C)(C)C)cc3B3c4cc5c(cc4N(c4ccc6c(c4)C(C)(C)CCC6(C)C)c4cc(C(C)(C)C)cc2c43)C(C)(C)CCC5(C)C)cc1. The summed E-state index contributed by atoms with van der Waals surface area (Å²) in [6.45, 7) is 48.3. The van der Waals surface area contributed by atoms with Crippen molar-refractivity contribution >= 4 is 57.2 Å². The van der Waals surface area contributed by atoms with Crippen molar-refractivity contribution in [3.05, 3.63) is 148 Å². The van der Waals surface area contributed by atoms with Crippen molar-refractivity contribution in [3.63, 3.8) is 0 Å². The van der Waals surface area contributed by atoms with Gasteiger partial charge in [0, 0.05) is 34.0 Å². The maximum absolute atomic E-state index is 2.74. The average Bonchev–Trinajstić information content (AvgIpc) is 3.27. The zero-order chi connectivity index (χ0) is 51.6. The summed E-state index contributed by atoms with van der Waals surface area (Å²) in [6, 6.07) is 42.5. The van der Waals surface area contributed by atoms with Crippen LogP contribution in [0.1, 0.15) is 209 Å². The highest BCUT2D eigenvalue weighted by atomic mass is 15.2. The lowest BCUT2D eigenvalue weighted by Crippen LogP contribution is -2.62. The van der Waals surface area contributed by atoms with Crippen LogP contribution in [0.25, 0.3) is 11.1 Å². The highest BCUT2D eigenvalue weighted by Crippen LogP contribution is 2.54. The predicted molar refractivity (Wildman–Crippen MR) is 311 cm³/mol. The number of hydrogen-bond acceptors (Lipinski definition) is 2. The first-order valence-corrected chi connectivity index (χ1v) is 27.2.